The Morgan fingerprint density at radius 3 is 1.78 bits per heavy atom. The van der Waals surface area contributed by atoms with Crippen LogP contribution in [0, 0.1) is 0 Å². The Kier molecular flexibility index (Phi) is 5.24. The van der Waals surface area contributed by atoms with E-state index < -0.39 is 7.32 Å². The van der Waals surface area contributed by atoms with E-state index in [1.807, 2.05) is 13.8 Å². The van der Waals surface area contributed by atoms with Crippen molar-refractivity contribution < 1.29 is 67.1 Å². The summed E-state index contributed by atoms with van der Waals surface area (Å²) in [6.45, 7) is 3.72. The average molecular weight is 156 g/mol. The van der Waals surface area contributed by atoms with Crippen LogP contribution in [0.2, 0.25) is 0 Å². The molecule has 2 atom stereocenters. The molecule has 1 rings (SSSR count). The van der Waals surface area contributed by atoms with Gasteiger partial charge in [-0.05, 0) is 13.8 Å². The van der Waals surface area contributed by atoms with Gasteiger partial charge in [-0.3, -0.25) is 0 Å². The molecule has 0 saturated carbocycles. The predicted octanol–water partition coefficient (Wildman–Crippen LogP) is -3.10. The topological polar surface area (TPSA) is 38.7 Å². The van der Waals surface area contributed by atoms with Crippen molar-refractivity contribution in [3.8, 4) is 0 Å². The van der Waals surface area contributed by atoms with Gasteiger partial charge in [-0.15, -0.1) is 0 Å². The van der Waals surface area contributed by atoms with E-state index in [-0.39, 0.29) is 65.0 Å². The summed E-state index contributed by atoms with van der Waals surface area (Å²) in [4.78, 5) is 0. The first kappa shape index (κ1) is 10.6. The first-order chi connectivity index (χ1) is 3.70. The van der Waals surface area contributed by atoms with Gasteiger partial charge in [0.25, 0.3) is 0 Å². The number of hydrogen-bond acceptors (Lipinski definition) is 3. The molecule has 0 bridgehead atoms. The predicted molar refractivity (Wildman–Crippen MR) is 30.2 cm³/mol. The van der Waals surface area contributed by atoms with E-state index in [2.05, 4.69) is 0 Å². The first-order valence-corrected chi connectivity index (χ1v) is 2.69. The molecule has 0 amide bonds. The molecule has 3 nitrogen and oxygen atoms in total. The Hall–Kier alpha value is 1.58. The van der Waals surface area contributed by atoms with Crippen molar-refractivity contribution >= 4 is 7.32 Å². The van der Waals surface area contributed by atoms with Gasteiger partial charge in [0.2, 0.25) is 0 Å². The molecule has 1 saturated heterocycles. The van der Waals surface area contributed by atoms with E-state index in [4.69, 9.17) is 14.3 Å². The van der Waals surface area contributed by atoms with Crippen molar-refractivity contribution in [3.05, 3.63) is 0 Å². The van der Waals surface area contributed by atoms with E-state index in [1.54, 1.807) is 0 Å². The van der Waals surface area contributed by atoms with Crippen molar-refractivity contribution in [3.63, 3.8) is 0 Å². The Labute approximate surface area is 99.2 Å². The van der Waals surface area contributed by atoms with E-state index >= 15 is 0 Å². The van der Waals surface area contributed by atoms with Crippen molar-refractivity contribution in [2.45, 2.75) is 26.1 Å². The molecule has 0 aromatic carbocycles. The van der Waals surface area contributed by atoms with Crippen molar-refractivity contribution in [1.29, 1.82) is 0 Å². The quantitative estimate of drug-likeness (QED) is 0.377. The van der Waals surface area contributed by atoms with E-state index in [9.17, 15) is 0 Å². The molecule has 9 heavy (non-hydrogen) atoms. The molecule has 0 radical (unpaired) electrons. The van der Waals surface area contributed by atoms with E-state index in [0.717, 1.165) is 0 Å². The Balaban J connectivity index is 0. The van der Waals surface area contributed by atoms with E-state index in [1.165, 1.54) is 0 Å². The molecule has 48 valence electrons. The van der Waals surface area contributed by atoms with Crippen molar-refractivity contribution in [2.24, 2.45) is 0 Å². The van der Waals surface area contributed by atoms with E-state index in [0.29, 0.717) is 0 Å². The maximum absolute atomic E-state index is 8.63. The molecule has 1 aliphatic heterocycles. The fourth-order valence-corrected chi connectivity index (χ4v) is 0.621. The van der Waals surface area contributed by atoms with Crippen molar-refractivity contribution in [1.82, 2.24) is 0 Å². The Bertz CT molecular complexity index is 86.6. The molecule has 1 heterocycles. The molecule has 5 heteroatoms. The summed E-state index contributed by atoms with van der Waals surface area (Å²) < 4.78 is 9.61. The zero-order valence-electron chi connectivity index (χ0n) is 7.00. The van der Waals surface area contributed by atoms with Crippen molar-refractivity contribution in [2.75, 3.05) is 0 Å². The summed E-state index contributed by atoms with van der Waals surface area (Å²) in [5.74, 6) is 0. The summed E-state index contributed by atoms with van der Waals surface area (Å²) in [6, 6.07) is 0. The fraction of sp³-hybridized carbons (Fsp3) is 1.00. The summed E-state index contributed by atoms with van der Waals surface area (Å²) in [5.41, 5.74) is 0. The molecular formula is C4H10BKO3. The second-order valence-electron chi connectivity index (χ2n) is 1.99. The molecule has 0 aliphatic carbocycles. The SMILES string of the molecule is CC1OB(O)OC1C.[H-].[K+]. The minimum atomic E-state index is -1.00. The molecule has 1 aliphatic rings. The van der Waals surface area contributed by atoms with Gasteiger partial charge in [-0.2, -0.15) is 0 Å². The zero-order valence-corrected chi connectivity index (χ0v) is 9.12. The smallest absolute Gasteiger partial charge is 1.00 e. The zero-order chi connectivity index (χ0) is 6.15. The van der Waals surface area contributed by atoms with Crippen LogP contribution in [-0.4, -0.2) is 24.6 Å². The maximum Gasteiger partial charge on any atom is 1.00 e. The van der Waals surface area contributed by atoms with Crippen LogP contribution in [-0.2, 0) is 9.31 Å². The normalized spacial score (nSPS) is 34.3. The maximum atomic E-state index is 8.63. The van der Waals surface area contributed by atoms with Crippen LogP contribution in [0.1, 0.15) is 15.3 Å². The number of hydrogen-bond donors (Lipinski definition) is 1. The second kappa shape index (κ2) is 4.46. The molecule has 1 N–H and O–H groups in total. The minimum absolute atomic E-state index is 0. The van der Waals surface area contributed by atoms with Crippen LogP contribution in [0.25, 0.3) is 0 Å². The van der Waals surface area contributed by atoms with Crippen LogP contribution in [0.5, 0.6) is 0 Å². The number of rotatable bonds is 0. The summed E-state index contributed by atoms with van der Waals surface area (Å²) in [6.07, 6.45) is 0.0370. The van der Waals surface area contributed by atoms with Crippen LogP contribution in [0.15, 0.2) is 0 Å². The third kappa shape index (κ3) is 2.99. The summed E-state index contributed by atoms with van der Waals surface area (Å²) in [5, 5.41) is 8.63. The molecule has 0 aromatic rings. The molecule has 0 aromatic heterocycles. The standard InChI is InChI=1S/C4H9BO3.K.H/c1-3-4(2)8-5(6)7-3;;/h3-4,6H,1-2H3;;/q;+1;-1. The summed E-state index contributed by atoms with van der Waals surface area (Å²) in [7, 11) is -1.00. The first-order valence-electron chi connectivity index (χ1n) is 2.69. The van der Waals surface area contributed by atoms with Crippen LogP contribution in [0.3, 0.4) is 0 Å². The Morgan fingerprint density at radius 1 is 1.33 bits per heavy atom. The molecule has 1 fully saturated rings. The Morgan fingerprint density at radius 2 is 1.67 bits per heavy atom. The third-order valence-corrected chi connectivity index (χ3v) is 1.32. The third-order valence-electron chi connectivity index (χ3n) is 1.32. The average Bonchev–Trinajstić information content (AvgIpc) is 1.85. The monoisotopic (exact) mass is 156 g/mol. The van der Waals surface area contributed by atoms with Gasteiger partial charge in [-0.25, -0.2) is 0 Å². The van der Waals surface area contributed by atoms with Gasteiger partial charge in [0, 0.05) is 0 Å². The van der Waals surface area contributed by atoms with Crippen LogP contribution >= 0.6 is 0 Å². The minimum Gasteiger partial charge on any atom is -1.00 e. The van der Waals surface area contributed by atoms with Gasteiger partial charge in [0.1, 0.15) is 0 Å². The second-order valence-corrected chi connectivity index (χ2v) is 1.99. The fourth-order valence-electron chi connectivity index (χ4n) is 0.621. The van der Waals surface area contributed by atoms with Gasteiger partial charge < -0.3 is 15.8 Å². The van der Waals surface area contributed by atoms with Gasteiger partial charge in [0.05, 0.1) is 12.2 Å². The molecule has 0 spiro atoms. The van der Waals surface area contributed by atoms with Crippen LogP contribution < -0.4 is 51.4 Å². The molecular weight excluding hydrogens is 146 g/mol. The largest absolute Gasteiger partial charge is 1.00 e. The van der Waals surface area contributed by atoms with Gasteiger partial charge in [0.15, 0.2) is 0 Å². The summed E-state index contributed by atoms with van der Waals surface area (Å²) >= 11 is 0. The van der Waals surface area contributed by atoms with Gasteiger partial charge in [-0.1, -0.05) is 0 Å². The molecule has 2 unspecified atom stereocenters. The van der Waals surface area contributed by atoms with Crippen LogP contribution in [0.4, 0.5) is 0 Å². The van der Waals surface area contributed by atoms with Gasteiger partial charge >= 0.3 is 58.7 Å².